The first-order chi connectivity index (χ1) is 0. The number of hydrogen-bond acceptors (Lipinski definition) is 0. The molecule has 0 aliphatic rings. The topological polar surface area (TPSA) is 0 Å². The Balaban J connectivity index is 0. The molecule has 4 heavy (non-hydrogen) atoms. The van der Waals surface area contributed by atoms with Gasteiger partial charge in [-0.15, -0.1) is 24.8 Å². The molecule has 0 atom stereocenters. The van der Waals surface area contributed by atoms with Crippen LogP contribution in [0.3, 0.4) is 0 Å². The van der Waals surface area contributed by atoms with Gasteiger partial charge in [-0.05, 0) is 0 Å². The van der Waals surface area contributed by atoms with Gasteiger partial charge in [0.1, 0.15) is 0 Å². The summed E-state index contributed by atoms with van der Waals surface area (Å²) in [7, 11) is 0. The van der Waals surface area contributed by atoms with E-state index in [1.165, 1.54) is 0 Å². The van der Waals surface area contributed by atoms with Gasteiger partial charge in [0.2, 0.25) is 0 Å². The first-order valence-electron chi connectivity index (χ1n) is 0. The quantitative estimate of drug-likeness (QED) is 0.421. The average Bonchev–Trinajstić information content (AvgIpc) is 0. The molecule has 0 spiro atoms. The van der Waals surface area contributed by atoms with Crippen LogP contribution >= 0.6 is 24.8 Å². The molecular formula is H5Cl2LiSr. The van der Waals surface area contributed by atoms with E-state index in [2.05, 4.69) is 0 Å². The van der Waals surface area contributed by atoms with Gasteiger partial charge in [-0.1, -0.05) is 0 Å². The van der Waals surface area contributed by atoms with E-state index >= 15 is 0 Å². The molecule has 0 aromatic rings. The third-order valence-electron chi connectivity index (χ3n) is 0. The Hall–Kier alpha value is 2.66. The molecule has 0 aromatic heterocycles. The number of rotatable bonds is 0. The first-order valence-corrected chi connectivity index (χ1v) is 0. The summed E-state index contributed by atoms with van der Waals surface area (Å²) < 4.78 is 0. The zero-order valence-corrected chi connectivity index (χ0v) is 2.45. The molecule has 0 amide bonds. The zero-order chi connectivity index (χ0) is 0. The van der Waals surface area contributed by atoms with Crippen molar-refractivity contribution in [2.24, 2.45) is 0 Å². The van der Waals surface area contributed by atoms with Gasteiger partial charge in [0, 0.05) is 0 Å². The molecule has 0 aliphatic heterocycles. The van der Waals surface area contributed by atoms with Crippen molar-refractivity contribution < 1.29 is 0 Å². The van der Waals surface area contributed by atoms with E-state index in [1.54, 1.807) is 0 Å². The molecule has 0 N–H and O–H groups in total. The van der Waals surface area contributed by atoms with Gasteiger partial charge in [-0.25, -0.2) is 0 Å². The first kappa shape index (κ1) is 30.2. The van der Waals surface area contributed by atoms with Crippen LogP contribution in [0.5, 0.6) is 0 Å². The van der Waals surface area contributed by atoms with Gasteiger partial charge >= 0.3 is 64.3 Å². The molecule has 22 valence electrons. The van der Waals surface area contributed by atoms with Gasteiger partial charge < -0.3 is 0 Å². The molecule has 0 saturated heterocycles. The Bertz CT molecular complexity index is 6.00. The standard InChI is InChI=1S/2ClH.Li.Sr.3H/h2*1H;;;;;. The molecule has 0 unspecified atom stereocenters. The second-order valence-corrected chi connectivity index (χ2v) is 0. The summed E-state index contributed by atoms with van der Waals surface area (Å²) in [6.07, 6.45) is 0. The minimum absolute atomic E-state index is 0. The molecule has 0 rings (SSSR count). The van der Waals surface area contributed by atoms with Crippen molar-refractivity contribution in [3.05, 3.63) is 0 Å². The van der Waals surface area contributed by atoms with Crippen LogP contribution in [0.2, 0.25) is 0 Å². The van der Waals surface area contributed by atoms with E-state index in [0.717, 1.165) is 0 Å². The van der Waals surface area contributed by atoms with E-state index in [9.17, 15) is 0 Å². The van der Waals surface area contributed by atoms with E-state index in [0.29, 0.717) is 0 Å². The summed E-state index contributed by atoms with van der Waals surface area (Å²) in [5, 5.41) is 0. The molecule has 0 bridgehead atoms. The van der Waals surface area contributed by atoms with Crippen molar-refractivity contribution in [2.45, 2.75) is 0 Å². The van der Waals surface area contributed by atoms with Crippen molar-refractivity contribution in [2.75, 3.05) is 0 Å². The Morgan fingerprint density at radius 3 is 0.750 bits per heavy atom. The molecule has 0 nitrogen and oxygen atoms in total. The monoisotopic (exact) mass is 170 g/mol. The Morgan fingerprint density at radius 2 is 0.750 bits per heavy atom. The number of hydrogen-bond donors (Lipinski definition) is 0. The third-order valence-corrected chi connectivity index (χ3v) is 0. The Kier molecular flexibility index (Phi) is 131. The summed E-state index contributed by atoms with van der Waals surface area (Å²) in [4.78, 5) is 0. The van der Waals surface area contributed by atoms with E-state index in [1.807, 2.05) is 0 Å². The molecule has 0 fully saturated rings. The van der Waals surface area contributed by atoms with Crippen molar-refractivity contribution >= 4 is 89.2 Å². The van der Waals surface area contributed by atoms with E-state index in [4.69, 9.17) is 0 Å². The Morgan fingerprint density at radius 1 is 0.750 bits per heavy atom. The van der Waals surface area contributed by atoms with Crippen LogP contribution < -0.4 is 0 Å². The summed E-state index contributed by atoms with van der Waals surface area (Å²) in [5.41, 5.74) is 0. The van der Waals surface area contributed by atoms with Crippen molar-refractivity contribution in [3.63, 3.8) is 0 Å². The van der Waals surface area contributed by atoms with Crippen molar-refractivity contribution in [3.8, 4) is 0 Å². The van der Waals surface area contributed by atoms with Crippen LogP contribution in [0.25, 0.3) is 0 Å². The fourth-order valence-corrected chi connectivity index (χ4v) is 0. The van der Waals surface area contributed by atoms with Gasteiger partial charge in [-0.3, -0.25) is 0 Å². The second kappa shape index (κ2) is 17.4. The van der Waals surface area contributed by atoms with Crippen LogP contribution in [0, 0.1) is 0 Å². The maximum absolute atomic E-state index is 0. The summed E-state index contributed by atoms with van der Waals surface area (Å²) in [5.74, 6) is 0. The zero-order valence-electron chi connectivity index (χ0n) is 0.816. The summed E-state index contributed by atoms with van der Waals surface area (Å²) in [6, 6.07) is 0. The van der Waals surface area contributed by atoms with Gasteiger partial charge in [0.25, 0.3) is 0 Å². The van der Waals surface area contributed by atoms with Crippen LogP contribution in [-0.4, -0.2) is 64.3 Å². The second-order valence-electron chi connectivity index (χ2n) is 0. The molecule has 4 heteroatoms. The molecule has 0 heterocycles. The molecule has 0 radical (unpaired) electrons. The Labute approximate surface area is 87.4 Å². The van der Waals surface area contributed by atoms with Crippen molar-refractivity contribution in [1.29, 1.82) is 0 Å². The average molecular weight is 171 g/mol. The predicted molar refractivity (Wildman–Crippen MR) is 30.2 cm³/mol. The van der Waals surface area contributed by atoms with E-state index in [-0.39, 0.29) is 89.2 Å². The molecular weight excluding hydrogens is 165 g/mol. The van der Waals surface area contributed by atoms with Gasteiger partial charge in [0.15, 0.2) is 0 Å². The minimum atomic E-state index is 0. The van der Waals surface area contributed by atoms with Crippen LogP contribution in [-0.2, 0) is 0 Å². The molecule has 0 aromatic carbocycles. The number of halogens is 2. The normalized spacial score (nSPS) is 0. The third kappa shape index (κ3) is 8.82. The molecule has 0 aliphatic carbocycles. The fourth-order valence-electron chi connectivity index (χ4n) is 0. The maximum atomic E-state index is 0. The van der Waals surface area contributed by atoms with E-state index < -0.39 is 0 Å². The van der Waals surface area contributed by atoms with Crippen molar-refractivity contribution in [1.82, 2.24) is 0 Å². The van der Waals surface area contributed by atoms with Gasteiger partial charge in [0.05, 0.1) is 0 Å². The predicted octanol–water partition coefficient (Wildman–Crippen LogP) is -0.721. The SMILES string of the molecule is Cl.Cl.[LiH].[SrH2]. The summed E-state index contributed by atoms with van der Waals surface area (Å²) >= 11 is 0. The van der Waals surface area contributed by atoms with Crippen LogP contribution in [0.4, 0.5) is 0 Å². The summed E-state index contributed by atoms with van der Waals surface area (Å²) in [6.45, 7) is 0. The molecule has 0 saturated carbocycles. The van der Waals surface area contributed by atoms with Gasteiger partial charge in [-0.2, -0.15) is 0 Å². The van der Waals surface area contributed by atoms with Crippen LogP contribution in [0.15, 0.2) is 0 Å². The van der Waals surface area contributed by atoms with Crippen LogP contribution in [0.1, 0.15) is 0 Å². The fraction of sp³-hybridized carbons (Fsp3) is 0.